The van der Waals surface area contributed by atoms with E-state index >= 15 is 0 Å². The Kier molecular flexibility index (Phi) is 5.49. The molecule has 0 saturated heterocycles. The van der Waals surface area contributed by atoms with Gasteiger partial charge in [0.1, 0.15) is 0 Å². The van der Waals surface area contributed by atoms with Crippen LogP contribution < -0.4 is 0 Å². The molecule has 21 heavy (non-hydrogen) atoms. The van der Waals surface area contributed by atoms with Gasteiger partial charge in [0.05, 0.1) is 0 Å². The molecule has 0 spiro atoms. The molecule has 0 bridgehead atoms. The maximum atomic E-state index is 14.0. The zero-order valence-electron chi connectivity index (χ0n) is 12.5. The van der Waals surface area contributed by atoms with Crippen molar-refractivity contribution in [3.8, 4) is 0 Å². The van der Waals surface area contributed by atoms with Crippen molar-refractivity contribution in [1.82, 2.24) is 0 Å². The van der Waals surface area contributed by atoms with Crippen molar-refractivity contribution in [3.05, 3.63) is 65.8 Å². The zero-order valence-corrected chi connectivity index (χ0v) is 12.5. The fourth-order valence-corrected chi connectivity index (χ4v) is 3.01. The van der Waals surface area contributed by atoms with Gasteiger partial charge in [-0.25, -0.2) is 8.78 Å². The summed E-state index contributed by atoms with van der Waals surface area (Å²) in [5.41, 5.74) is 2.29. The first-order valence-corrected chi connectivity index (χ1v) is 7.62. The van der Waals surface area contributed by atoms with Gasteiger partial charge in [-0.3, -0.25) is 0 Å². The largest absolute Gasteiger partial charge is 0.204 e. The van der Waals surface area contributed by atoms with Gasteiger partial charge in [-0.15, -0.1) is 0 Å². The lowest BCUT2D eigenvalue weighted by Gasteiger charge is -2.22. The maximum Gasteiger partial charge on any atom is 0.166 e. The van der Waals surface area contributed by atoms with Gasteiger partial charge in [0.2, 0.25) is 0 Å². The molecule has 0 aliphatic heterocycles. The van der Waals surface area contributed by atoms with Crippen molar-refractivity contribution < 1.29 is 8.78 Å². The first-order chi connectivity index (χ1) is 10.2. The number of hydrogen-bond acceptors (Lipinski definition) is 0. The molecule has 1 fully saturated rings. The molecule has 112 valence electrons. The molecule has 0 N–H and O–H groups in total. The molecule has 2 rings (SSSR count). The Morgan fingerprint density at radius 3 is 2.24 bits per heavy atom. The van der Waals surface area contributed by atoms with Crippen molar-refractivity contribution >= 4 is 5.57 Å². The zero-order chi connectivity index (χ0) is 15.2. The summed E-state index contributed by atoms with van der Waals surface area (Å²) < 4.78 is 27.3. The number of rotatable bonds is 4. The molecule has 1 saturated carbocycles. The minimum atomic E-state index is -0.917. The van der Waals surface area contributed by atoms with Crippen LogP contribution in [0.4, 0.5) is 8.78 Å². The van der Waals surface area contributed by atoms with Crippen LogP contribution in [0.3, 0.4) is 0 Å². The Morgan fingerprint density at radius 1 is 1.10 bits per heavy atom. The Morgan fingerprint density at radius 2 is 1.71 bits per heavy atom. The molecule has 1 aliphatic carbocycles. The number of benzene rings is 1. The van der Waals surface area contributed by atoms with Gasteiger partial charge < -0.3 is 0 Å². The SMILES string of the molecule is C=C/C(F)=C(F)\C(=C/C)c1ccc(C2CCCCC2)cc1. The number of hydrogen-bond donors (Lipinski definition) is 0. The van der Waals surface area contributed by atoms with E-state index in [0.717, 1.165) is 6.08 Å². The summed E-state index contributed by atoms with van der Waals surface area (Å²) in [5, 5.41) is 0. The Balaban J connectivity index is 2.23. The van der Waals surface area contributed by atoms with E-state index in [1.165, 1.54) is 37.7 Å². The monoisotopic (exact) mass is 288 g/mol. The van der Waals surface area contributed by atoms with Gasteiger partial charge in [0.15, 0.2) is 11.7 Å². The van der Waals surface area contributed by atoms with E-state index in [9.17, 15) is 8.78 Å². The third-order valence-corrected chi connectivity index (χ3v) is 4.21. The summed E-state index contributed by atoms with van der Waals surface area (Å²) in [5.74, 6) is -1.15. The Bertz CT molecular complexity index is 543. The molecule has 1 aromatic rings. The summed E-state index contributed by atoms with van der Waals surface area (Å²) in [7, 11) is 0. The van der Waals surface area contributed by atoms with Crippen LogP contribution in [0.1, 0.15) is 56.1 Å². The Labute approximate surface area is 125 Å². The van der Waals surface area contributed by atoms with Crippen molar-refractivity contribution in [2.75, 3.05) is 0 Å². The van der Waals surface area contributed by atoms with Crippen LogP contribution in [-0.2, 0) is 0 Å². The molecule has 0 heterocycles. The van der Waals surface area contributed by atoms with Crippen LogP contribution in [0.5, 0.6) is 0 Å². The van der Waals surface area contributed by atoms with Gasteiger partial charge in [-0.2, -0.15) is 0 Å². The standard InChI is InChI=1S/C19H22F2/c1-3-17(19(21)18(20)4-2)16-12-10-15(11-13-16)14-8-6-5-7-9-14/h3-4,10-14H,2,5-9H2,1H3/b17-3-,19-18-. The molecular formula is C19H22F2. The average molecular weight is 288 g/mol. The fourth-order valence-electron chi connectivity index (χ4n) is 3.01. The number of halogens is 2. The lowest BCUT2D eigenvalue weighted by atomic mass is 9.83. The van der Waals surface area contributed by atoms with Crippen molar-refractivity contribution in [1.29, 1.82) is 0 Å². The molecule has 0 radical (unpaired) electrons. The molecule has 1 aromatic carbocycles. The highest BCUT2D eigenvalue weighted by molar-refractivity contribution is 5.77. The normalized spacial score (nSPS) is 18.3. The smallest absolute Gasteiger partial charge is 0.166 e. The molecule has 0 nitrogen and oxygen atoms in total. The highest BCUT2D eigenvalue weighted by Crippen LogP contribution is 2.34. The lowest BCUT2D eigenvalue weighted by molar-refractivity contribution is 0.443. The molecular weight excluding hydrogens is 266 g/mol. The second-order valence-corrected chi connectivity index (χ2v) is 5.53. The van der Waals surface area contributed by atoms with Crippen LogP contribution in [0.2, 0.25) is 0 Å². The highest BCUT2D eigenvalue weighted by Gasteiger charge is 2.16. The molecule has 0 unspecified atom stereocenters. The van der Waals surface area contributed by atoms with Gasteiger partial charge >= 0.3 is 0 Å². The third kappa shape index (κ3) is 3.69. The minimum Gasteiger partial charge on any atom is -0.204 e. The van der Waals surface area contributed by atoms with E-state index in [1.807, 2.05) is 24.3 Å². The maximum absolute atomic E-state index is 14.0. The summed E-state index contributed by atoms with van der Waals surface area (Å²) >= 11 is 0. The lowest BCUT2D eigenvalue weighted by Crippen LogP contribution is -2.04. The topological polar surface area (TPSA) is 0 Å². The second-order valence-electron chi connectivity index (χ2n) is 5.53. The quantitative estimate of drug-likeness (QED) is 0.557. The fraction of sp³-hybridized carbons (Fsp3) is 0.368. The van der Waals surface area contributed by atoms with Crippen LogP contribution in [-0.4, -0.2) is 0 Å². The predicted molar refractivity (Wildman–Crippen MR) is 85.4 cm³/mol. The first-order valence-electron chi connectivity index (χ1n) is 7.62. The summed E-state index contributed by atoms with van der Waals surface area (Å²) in [6.07, 6.45) is 8.85. The first kappa shape index (κ1) is 15.7. The molecule has 0 aromatic heterocycles. The van der Waals surface area contributed by atoms with Crippen LogP contribution in [0, 0.1) is 0 Å². The van der Waals surface area contributed by atoms with E-state index in [1.54, 1.807) is 13.0 Å². The highest BCUT2D eigenvalue weighted by atomic mass is 19.2. The van der Waals surface area contributed by atoms with Crippen molar-refractivity contribution in [2.24, 2.45) is 0 Å². The summed E-state index contributed by atoms with van der Waals surface area (Å²) in [6, 6.07) is 7.87. The van der Waals surface area contributed by atoms with Crippen LogP contribution >= 0.6 is 0 Å². The summed E-state index contributed by atoms with van der Waals surface area (Å²) in [4.78, 5) is 0. The van der Waals surface area contributed by atoms with Crippen molar-refractivity contribution in [2.45, 2.75) is 44.9 Å². The average Bonchev–Trinajstić information content (AvgIpc) is 2.56. The van der Waals surface area contributed by atoms with E-state index in [0.29, 0.717) is 11.5 Å². The molecule has 0 atom stereocenters. The minimum absolute atomic E-state index is 0.280. The van der Waals surface area contributed by atoms with Gasteiger partial charge in [0.25, 0.3) is 0 Å². The van der Waals surface area contributed by atoms with Gasteiger partial charge in [0, 0.05) is 5.57 Å². The van der Waals surface area contributed by atoms with E-state index in [2.05, 4.69) is 6.58 Å². The van der Waals surface area contributed by atoms with E-state index < -0.39 is 11.7 Å². The van der Waals surface area contributed by atoms with E-state index in [4.69, 9.17) is 0 Å². The Hall–Kier alpha value is -1.70. The number of allylic oxidation sites excluding steroid dienone is 5. The van der Waals surface area contributed by atoms with Crippen LogP contribution in [0.25, 0.3) is 5.57 Å². The van der Waals surface area contributed by atoms with Crippen LogP contribution in [0.15, 0.2) is 54.7 Å². The van der Waals surface area contributed by atoms with Gasteiger partial charge in [-0.05, 0) is 42.9 Å². The molecule has 0 amide bonds. The van der Waals surface area contributed by atoms with E-state index in [-0.39, 0.29) is 5.57 Å². The second kappa shape index (κ2) is 7.35. The summed E-state index contributed by atoms with van der Waals surface area (Å²) in [6.45, 7) is 4.98. The molecule has 1 aliphatic rings. The van der Waals surface area contributed by atoms with Gasteiger partial charge in [-0.1, -0.05) is 56.2 Å². The molecule has 2 heteroatoms. The predicted octanol–water partition coefficient (Wildman–Crippen LogP) is 6.47. The third-order valence-electron chi connectivity index (χ3n) is 4.21. The van der Waals surface area contributed by atoms with Crippen molar-refractivity contribution in [3.63, 3.8) is 0 Å².